The van der Waals surface area contributed by atoms with Crippen molar-refractivity contribution in [3.63, 3.8) is 0 Å². The highest BCUT2D eigenvalue weighted by Crippen LogP contribution is 2.41. The Hall–Kier alpha value is 0.285. The van der Waals surface area contributed by atoms with E-state index >= 15 is 0 Å². The molecule has 0 radical (unpaired) electrons. The molecule has 2 saturated carbocycles. The SMILES string of the molecule is CCCCCC/C=C(\B(Br)C1CCCCC1)C1CCCCC1. The normalized spacial score (nSPS) is 22.0. The molecule has 22 heavy (non-hydrogen) atoms. The van der Waals surface area contributed by atoms with Crippen LogP contribution in [0.25, 0.3) is 0 Å². The molecule has 0 amide bonds. The van der Waals surface area contributed by atoms with Crippen LogP contribution in [0.2, 0.25) is 5.82 Å². The molecule has 0 aromatic carbocycles. The Kier molecular flexibility index (Phi) is 9.27. The fourth-order valence-electron chi connectivity index (χ4n) is 4.48. The first-order valence-corrected chi connectivity index (χ1v) is 11.1. The van der Waals surface area contributed by atoms with Crippen LogP contribution >= 0.6 is 15.8 Å². The number of rotatable bonds is 8. The number of hydrogen-bond acceptors (Lipinski definition) is 0. The maximum absolute atomic E-state index is 4.16. The Morgan fingerprint density at radius 3 is 2.18 bits per heavy atom. The fourth-order valence-corrected chi connectivity index (χ4v) is 5.57. The van der Waals surface area contributed by atoms with Crippen LogP contribution in [0, 0.1) is 5.92 Å². The summed E-state index contributed by atoms with van der Waals surface area (Å²) >= 11 is 4.16. The second kappa shape index (κ2) is 10.9. The molecule has 2 aliphatic carbocycles. The molecule has 0 spiro atoms. The van der Waals surface area contributed by atoms with Gasteiger partial charge in [-0.1, -0.05) is 89.1 Å². The van der Waals surface area contributed by atoms with E-state index in [1.807, 2.05) is 5.47 Å². The Bertz CT molecular complexity index is 314. The van der Waals surface area contributed by atoms with Crippen molar-refractivity contribution < 1.29 is 0 Å². The minimum atomic E-state index is 0.682. The van der Waals surface area contributed by atoms with E-state index in [9.17, 15) is 0 Å². The Labute approximate surface area is 148 Å². The average Bonchev–Trinajstić information content (AvgIpc) is 2.59. The highest BCUT2D eigenvalue weighted by Gasteiger charge is 2.32. The van der Waals surface area contributed by atoms with Crippen molar-refractivity contribution in [1.82, 2.24) is 0 Å². The first-order valence-electron chi connectivity index (χ1n) is 10.2. The Morgan fingerprint density at radius 2 is 1.55 bits per heavy atom. The van der Waals surface area contributed by atoms with Crippen LogP contribution in [-0.4, -0.2) is 5.54 Å². The van der Waals surface area contributed by atoms with E-state index in [-0.39, 0.29) is 0 Å². The molecule has 2 aliphatic rings. The van der Waals surface area contributed by atoms with Gasteiger partial charge < -0.3 is 0 Å². The molecule has 0 atom stereocenters. The van der Waals surface area contributed by atoms with Gasteiger partial charge in [0.25, 0.3) is 5.54 Å². The van der Waals surface area contributed by atoms with Gasteiger partial charge in [-0.25, -0.2) is 0 Å². The van der Waals surface area contributed by atoms with Crippen molar-refractivity contribution in [2.24, 2.45) is 5.92 Å². The summed E-state index contributed by atoms with van der Waals surface area (Å²) in [5.74, 6) is 1.81. The minimum absolute atomic E-state index is 0.682. The van der Waals surface area contributed by atoms with Crippen molar-refractivity contribution in [1.29, 1.82) is 0 Å². The van der Waals surface area contributed by atoms with Crippen molar-refractivity contribution in [2.75, 3.05) is 0 Å². The second-order valence-corrected chi connectivity index (χ2v) is 8.67. The van der Waals surface area contributed by atoms with Gasteiger partial charge in [0, 0.05) is 0 Å². The third kappa shape index (κ3) is 6.06. The first-order chi connectivity index (χ1) is 10.8. The van der Waals surface area contributed by atoms with Crippen LogP contribution in [0.1, 0.15) is 103 Å². The third-order valence-corrected chi connectivity index (χ3v) is 7.17. The zero-order valence-corrected chi connectivity index (χ0v) is 16.4. The van der Waals surface area contributed by atoms with E-state index in [2.05, 4.69) is 28.8 Å². The molecule has 2 heteroatoms. The van der Waals surface area contributed by atoms with E-state index in [0.29, 0.717) is 5.54 Å². The van der Waals surface area contributed by atoms with Gasteiger partial charge in [-0.2, -0.15) is 0 Å². The average molecular weight is 367 g/mol. The van der Waals surface area contributed by atoms with Gasteiger partial charge in [0.1, 0.15) is 0 Å². The third-order valence-electron chi connectivity index (χ3n) is 5.90. The molecule has 126 valence electrons. The van der Waals surface area contributed by atoms with Crippen molar-refractivity contribution in [2.45, 2.75) is 109 Å². The van der Waals surface area contributed by atoms with Crippen molar-refractivity contribution in [3.05, 3.63) is 11.5 Å². The standard InChI is InChI=1S/C20H36BBr/c1-2-3-4-5-12-17-20(18-13-8-6-9-14-18)21(22)19-15-10-7-11-16-19/h17-19H,2-16H2,1H3/b20-17-. The highest BCUT2D eigenvalue weighted by molar-refractivity contribution is 9.24. The number of hydrogen-bond donors (Lipinski definition) is 0. The second-order valence-electron chi connectivity index (χ2n) is 7.69. The highest BCUT2D eigenvalue weighted by atomic mass is 79.9. The molecule has 0 aromatic rings. The maximum Gasteiger partial charge on any atom is 0.254 e. The Morgan fingerprint density at radius 1 is 0.909 bits per heavy atom. The summed E-state index contributed by atoms with van der Waals surface area (Å²) < 4.78 is 0. The molecule has 0 unspecified atom stereocenters. The van der Waals surface area contributed by atoms with Gasteiger partial charge in [0.2, 0.25) is 0 Å². The van der Waals surface area contributed by atoms with Gasteiger partial charge in [-0.3, -0.25) is 0 Å². The van der Waals surface area contributed by atoms with Crippen LogP contribution in [0.4, 0.5) is 0 Å². The minimum Gasteiger partial charge on any atom is -0.150 e. The number of allylic oxidation sites excluding steroid dienone is 2. The van der Waals surface area contributed by atoms with Crippen molar-refractivity contribution >= 4 is 21.3 Å². The molecule has 0 heterocycles. The van der Waals surface area contributed by atoms with E-state index in [1.165, 1.54) is 96.3 Å². The molecular formula is C20H36BBr. The summed E-state index contributed by atoms with van der Waals surface area (Å²) in [5.41, 5.74) is 2.49. The van der Waals surface area contributed by atoms with Crippen LogP contribution in [-0.2, 0) is 0 Å². The molecular weight excluding hydrogens is 331 g/mol. The molecule has 0 saturated heterocycles. The lowest BCUT2D eigenvalue weighted by atomic mass is 9.50. The number of unbranched alkanes of at least 4 members (excludes halogenated alkanes) is 4. The monoisotopic (exact) mass is 366 g/mol. The van der Waals surface area contributed by atoms with Crippen LogP contribution in [0.3, 0.4) is 0 Å². The van der Waals surface area contributed by atoms with E-state index < -0.39 is 0 Å². The summed E-state index contributed by atoms with van der Waals surface area (Å²) in [5, 5.41) is 0. The summed E-state index contributed by atoms with van der Waals surface area (Å²) in [6, 6.07) is 0. The van der Waals surface area contributed by atoms with Crippen LogP contribution in [0.15, 0.2) is 11.5 Å². The largest absolute Gasteiger partial charge is 0.254 e. The molecule has 2 rings (SSSR count). The maximum atomic E-state index is 4.16. The van der Waals surface area contributed by atoms with Crippen LogP contribution in [0.5, 0.6) is 0 Å². The zero-order valence-electron chi connectivity index (χ0n) is 14.8. The summed E-state index contributed by atoms with van der Waals surface area (Å²) in [4.78, 5) is 0. The Balaban J connectivity index is 1.94. The number of halogens is 1. The molecule has 0 bridgehead atoms. The lowest BCUT2D eigenvalue weighted by molar-refractivity contribution is 0.410. The predicted molar refractivity (Wildman–Crippen MR) is 105 cm³/mol. The van der Waals surface area contributed by atoms with Gasteiger partial charge in [0.15, 0.2) is 0 Å². The molecule has 0 aromatic heterocycles. The van der Waals surface area contributed by atoms with Gasteiger partial charge in [0.05, 0.1) is 0 Å². The zero-order chi connectivity index (χ0) is 15.6. The van der Waals surface area contributed by atoms with E-state index in [0.717, 1.165) is 11.7 Å². The summed E-state index contributed by atoms with van der Waals surface area (Å²) in [6.45, 7) is 2.31. The van der Waals surface area contributed by atoms with Gasteiger partial charge >= 0.3 is 0 Å². The molecule has 0 aliphatic heterocycles. The summed E-state index contributed by atoms with van der Waals surface area (Å²) in [7, 11) is 0. The van der Waals surface area contributed by atoms with E-state index in [4.69, 9.17) is 0 Å². The fraction of sp³-hybridized carbons (Fsp3) is 0.900. The molecule has 0 N–H and O–H groups in total. The van der Waals surface area contributed by atoms with Gasteiger partial charge in [-0.15, -0.1) is 15.8 Å². The smallest absolute Gasteiger partial charge is 0.150 e. The predicted octanol–water partition coefficient (Wildman–Crippen LogP) is 7.72. The first kappa shape index (κ1) is 18.6. The lowest BCUT2D eigenvalue weighted by Crippen LogP contribution is -2.25. The summed E-state index contributed by atoms with van der Waals surface area (Å²) in [6.07, 6.45) is 24.2. The molecule has 2 fully saturated rings. The van der Waals surface area contributed by atoms with Gasteiger partial charge in [-0.05, 0) is 37.4 Å². The van der Waals surface area contributed by atoms with Crippen molar-refractivity contribution in [3.8, 4) is 0 Å². The topological polar surface area (TPSA) is 0 Å². The lowest BCUT2D eigenvalue weighted by Gasteiger charge is -2.32. The van der Waals surface area contributed by atoms with Crippen LogP contribution < -0.4 is 0 Å². The molecule has 0 nitrogen and oxygen atoms in total. The van der Waals surface area contributed by atoms with E-state index in [1.54, 1.807) is 0 Å². The quantitative estimate of drug-likeness (QED) is 0.304.